The molecular formula is C13H23NO3. The second-order valence-electron chi connectivity index (χ2n) is 5.74. The van der Waals surface area contributed by atoms with Gasteiger partial charge in [-0.3, -0.25) is 9.59 Å². The Bertz CT molecular complexity index is 323. The molecule has 0 radical (unpaired) electrons. The monoisotopic (exact) mass is 241 g/mol. The molecule has 1 rings (SSSR count). The minimum Gasteiger partial charge on any atom is -0.481 e. The summed E-state index contributed by atoms with van der Waals surface area (Å²) in [5.74, 6) is -1.73. The summed E-state index contributed by atoms with van der Waals surface area (Å²) in [4.78, 5) is 25.2. The molecule has 0 saturated heterocycles. The Morgan fingerprint density at radius 2 is 1.82 bits per heavy atom. The number of carboxylic acid groups (broad SMARTS) is 1. The number of carbonyl (C=O) groups is 2. The lowest BCUT2D eigenvalue weighted by atomic mass is 10.1. The predicted molar refractivity (Wildman–Crippen MR) is 65.5 cm³/mol. The van der Waals surface area contributed by atoms with Gasteiger partial charge in [0.05, 0.1) is 11.8 Å². The summed E-state index contributed by atoms with van der Waals surface area (Å²) in [5.41, 5.74) is -0.399. The highest BCUT2D eigenvalue weighted by Gasteiger charge is 2.66. The zero-order valence-electron chi connectivity index (χ0n) is 11.4. The minimum atomic E-state index is -0.853. The number of carboxylic acids is 1. The van der Waals surface area contributed by atoms with E-state index in [1.165, 1.54) is 0 Å². The highest BCUT2D eigenvalue weighted by molar-refractivity contribution is 5.91. The number of rotatable bonds is 5. The highest BCUT2D eigenvalue weighted by atomic mass is 16.4. The Hall–Kier alpha value is -1.06. The molecule has 1 fully saturated rings. The van der Waals surface area contributed by atoms with Crippen LogP contribution in [0.3, 0.4) is 0 Å². The molecule has 0 unspecified atom stereocenters. The zero-order chi connectivity index (χ0) is 13.4. The molecule has 0 aromatic heterocycles. The van der Waals surface area contributed by atoms with E-state index in [9.17, 15) is 9.59 Å². The molecule has 0 heterocycles. The van der Waals surface area contributed by atoms with Crippen LogP contribution in [-0.4, -0.2) is 34.5 Å². The Balaban J connectivity index is 2.80. The van der Waals surface area contributed by atoms with E-state index in [2.05, 4.69) is 0 Å². The molecule has 1 saturated carbocycles. The van der Waals surface area contributed by atoms with Crippen molar-refractivity contribution in [1.29, 1.82) is 0 Å². The van der Waals surface area contributed by atoms with Crippen LogP contribution < -0.4 is 0 Å². The molecule has 0 aromatic carbocycles. The zero-order valence-corrected chi connectivity index (χ0v) is 11.4. The molecule has 1 amide bonds. The van der Waals surface area contributed by atoms with Gasteiger partial charge in [-0.15, -0.1) is 0 Å². The van der Waals surface area contributed by atoms with E-state index in [1.54, 1.807) is 4.90 Å². The van der Waals surface area contributed by atoms with Crippen molar-refractivity contribution in [3.63, 3.8) is 0 Å². The third kappa shape index (κ3) is 2.45. The SMILES string of the molecule is CCCN(C(=O)[C@H]1[C@@H](C(=O)O)C1(C)C)C(C)C. The van der Waals surface area contributed by atoms with Gasteiger partial charge in [-0.25, -0.2) is 0 Å². The predicted octanol–water partition coefficient (Wildman–Crippen LogP) is 1.99. The van der Waals surface area contributed by atoms with Gasteiger partial charge in [0.15, 0.2) is 0 Å². The molecule has 98 valence electrons. The van der Waals surface area contributed by atoms with Crippen molar-refractivity contribution in [3.8, 4) is 0 Å². The summed E-state index contributed by atoms with van der Waals surface area (Å²) in [7, 11) is 0. The van der Waals surface area contributed by atoms with Gasteiger partial charge in [-0.05, 0) is 25.7 Å². The van der Waals surface area contributed by atoms with Gasteiger partial charge in [0.2, 0.25) is 5.91 Å². The summed E-state index contributed by atoms with van der Waals surface area (Å²) in [6, 6.07) is 0.133. The fourth-order valence-corrected chi connectivity index (χ4v) is 2.60. The van der Waals surface area contributed by atoms with Crippen LogP contribution >= 0.6 is 0 Å². The maximum Gasteiger partial charge on any atom is 0.307 e. The molecule has 0 aromatic rings. The average Bonchev–Trinajstić information content (AvgIpc) is 2.76. The van der Waals surface area contributed by atoms with Crippen LogP contribution in [0.25, 0.3) is 0 Å². The van der Waals surface area contributed by atoms with Crippen molar-refractivity contribution >= 4 is 11.9 Å². The Kier molecular flexibility index (Phi) is 3.84. The molecule has 0 spiro atoms. The first kappa shape index (κ1) is 14.0. The van der Waals surface area contributed by atoms with E-state index >= 15 is 0 Å². The van der Waals surface area contributed by atoms with Crippen molar-refractivity contribution in [2.45, 2.75) is 47.1 Å². The minimum absolute atomic E-state index is 0.000694. The lowest BCUT2D eigenvalue weighted by Crippen LogP contribution is -2.39. The van der Waals surface area contributed by atoms with Gasteiger partial charge < -0.3 is 10.0 Å². The first-order chi connectivity index (χ1) is 7.75. The Morgan fingerprint density at radius 3 is 2.12 bits per heavy atom. The lowest BCUT2D eigenvalue weighted by Gasteiger charge is -2.27. The summed E-state index contributed by atoms with van der Waals surface area (Å²) in [5, 5.41) is 9.09. The van der Waals surface area contributed by atoms with Crippen molar-refractivity contribution in [2.24, 2.45) is 17.3 Å². The largest absolute Gasteiger partial charge is 0.481 e. The Morgan fingerprint density at radius 1 is 1.29 bits per heavy atom. The van der Waals surface area contributed by atoms with Gasteiger partial charge in [0, 0.05) is 12.6 Å². The summed E-state index contributed by atoms with van der Waals surface area (Å²) in [6.07, 6.45) is 0.898. The van der Waals surface area contributed by atoms with Gasteiger partial charge in [-0.1, -0.05) is 20.8 Å². The lowest BCUT2D eigenvalue weighted by molar-refractivity contribution is -0.142. The number of carbonyl (C=O) groups excluding carboxylic acids is 1. The summed E-state index contributed by atoms with van der Waals surface area (Å²) >= 11 is 0. The average molecular weight is 241 g/mol. The number of amides is 1. The molecule has 4 nitrogen and oxygen atoms in total. The van der Waals surface area contributed by atoms with Gasteiger partial charge in [0.1, 0.15) is 0 Å². The maximum atomic E-state index is 12.3. The topological polar surface area (TPSA) is 57.6 Å². The molecular weight excluding hydrogens is 218 g/mol. The fraction of sp³-hybridized carbons (Fsp3) is 0.846. The third-order valence-electron chi connectivity index (χ3n) is 3.73. The number of hydrogen-bond donors (Lipinski definition) is 1. The van der Waals surface area contributed by atoms with Gasteiger partial charge in [-0.2, -0.15) is 0 Å². The second kappa shape index (κ2) is 4.67. The van der Waals surface area contributed by atoms with Gasteiger partial charge >= 0.3 is 5.97 Å². The first-order valence-corrected chi connectivity index (χ1v) is 6.28. The van der Waals surface area contributed by atoms with Crippen molar-refractivity contribution in [3.05, 3.63) is 0 Å². The van der Waals surface area contributed by atoms with E-state index in [4.69, 9.17) is 5.11 Å². The van der Waals surface area contributed by atoms with Crippen molar-refractivity contribution < 1.29 is 14.7 Å². The smallest absolute Gasteiger partial charge is 0.307 e. The van der Waals surface area contributed by atoms with Crippen LogP contribution in [0, 0.1) is 17.3 Å². The standard InChI is InChI=1S/C13H23NO3/c1-6-7-14(8(2)3)11(15)9-10(12(16)17)13(9,4)5/h8-10H,6-7H2,1-5H3,(H,16,17)/t9-,10+/m1/s1. The van der Waals surface area contributed by atoms with Crippen LogP contribution in [0.4, 0.5) is 0 Å². The molecule has 0 bridgehead atoms. The first-order valence-electron chi connectivity index (χ1n) is 6.28. The molecule has 17 heavy (non-hydrogen) atoms. The van der Waals surface area contributed by atoms with E-state index in [1.807, 2.05) is 34.6 Å². The molecule has 2 atom stereocenters. The number of hydrogen-bond acceptors (Lipinski definition) is 2. The van der Waals surface area contributed by atoms with E-state index in [0.717, 1.165) is 6.42 Å². The quantitative estimate of drug-likeness (QED) is 0.800. The van der Waals surface area contributed by atoms with Crippen molar-refractivity contribution in [2.75, 3.05) is 6.54 Å². The molecule has 4 heteroatoms. The highest BCUT2D eigenvalue weighted by Crippen LogP contribution is 2.59. The fourth-order valence-electron chi connectivity index (χ4n) is 2.60. The summed E-state index contributed by atoms with van der Waals surface area (Å²) in [6.45, 7) is 10.4. The van der Waals surface area contributed by atoms with Crippen molar-refractivity contribution in [1.82, 2.24) is 4.90 Å². The third-order valence-corrected chi connectivity index (χ3v) is 3.73. The number of nitrogens with zero attached hydrogens (tertiary/aromatic N) is 1. The van der Waals surface area contributed by atoms with E-state index in [-0.39, 0.29) is 17.9 Å². The molecule has 1 aliphatic carbocycles. The molecule has 1 N–H and O–H groups in total. The second-order valence-corrected chi connectivity index (χ2v) is 5.74. The van der Waals surface area contributed by atoms with Crippen LogP contribution in [0.15, 0.2) is 0 Å². The summed E-state index contributed by atoms with van der Waals surface area (Å²) < 4.78 is 0. The van der Waals surface area contributed by atoms with Crippen LogP contribution in [0.1, 0.15) is 41.0 Å². The van der Waals surface area contributed by atoms with Crippen LogP contribution in [0.5, 0.6) is 0 Å². The normalized spacial score (nSPS) is 25.8. The van der Waals surface area contributed by atoms with Crippen LogP contribution in [0.2, 0.25) is 0 Å². The Labute approximate surface area is 103 Å². The van der Waals surface area contributed by atoms with Crippen LogP contribution in [-0.2, 0) is 9.59 Å². The molecule has 0 aliphatic heterocycles. The van der Waals surface area contributed by atoms with E-state index < -0.39 is 17.3 Å². The maximum absolute atomic E-state index is 12.3. The molecule has 1 aliphatic rings. The van der Waals surface area contributed by atoms with E-state index in [0.29, 0.717) is 6.54 Å². The van der Waals surface area contributed by atoms with Gasteiger partial charge in [0.25, 0.3) is 0 Å². The number of aliphatic carboxylic acids is 1.